The summed E-state index contributed by atoms with van der Waals surface area (Å²) in [7, 11) is 1.83. The number of anilines is 3. The average Bonchev–Trinajstić information content (AvgIpc) is 3.47. The number of aromatic nitrogens is 4. The fraction of sp³-hybridized carbons (Fsp3) is 0.345. The number of hydrogen-bond acceptors (Lipinski definition) is 7. The van der Waals surface area contributed by atoms with Crippen LogP contribution in [0.5, 0.6) is 0 Å². The SMILES string of the molecule is Cc1ncc(C)c(Nc2nn(C(=O)OC(C)(C)C)c3cc([C@@H]4C[C@@]45C(=O)N(C)c4ccccc45)ccc23)n1. The average molecular weight is 511 g/mol. The Hall–Kier alpha value is -4.27. The van der Waals surface area contributed by atoms with Crippen LogP contribution in [0.15, 0.2) is 48.7 Å². The standard InChI is InChI=1S/C29H30N6O3/c1-16-15-30-17(2)31-24(16)32-25-19-12-11-18(13-23(19)35(33-25)27(37)38-28(3,4)5)21-14-29(21)20-9-7-8-10-22(20)34(6)26(29)36/h7-13,15,21H,14H2,1-6H3,(H,30,31,32,33)/t21-,29-/m0/s1. The molecule has 2 aromatic heterocycles. The number of nitrogens with one attached hydrogen (secondary N) is 1. The molecular formula is C29H30N6O3. The van der Waals surface area contributed by atoms with Crippen molar-refractivity contribution in [1.29, 1.82) is 0 Å². The van der Waals surface area contributed by atoms with Gasteiger partial charge in [-0.1, -0.05) is 24.3 Å². The predicted octanol–water partition coefficient (Wildman–Crippen LogP) is 5.37. The van der Waals surface area contributed by atoms with Crippen LogP contribution in [0.25, 0.3) is 10.9 Å². The highest BCUT2D eigenvalue weighted by Gasteiger charge is 2.66. The smallest absolute Gasteiger partial charge is 0.435 e. The molecule has 2 aliphatic rings. The van der Waals surface area contributed by atoms with E-state index in [1.165, 1.54) is 4.68 Å². The lowest BCUT2D eigenvalue weighted by Crippen LogP contribution is -2.29. The molecule has 1 aliphatic carbocycles. The van der Waals surface area contributed by atoms with Crippen LogP contribution in [0.2, 0.25) is 0 Å². The topological polar surface area (TPSA) is 102 Å². The Morgan fingerprint density at radius 1 is 1.13 bits per heavy atom. The van der Waals surface area contributed by atoms with E-state index in [2.05, 4.69) is 20.4 Å². The van der Waals surface area contributed by atoms with E-state index in [4.69, 9.17) is 4.74 Å². The van der Waals surface area contributed by atoms with E-state index in [0.29, 0.717) is 23.0 Å². The molecule has 2 aromatic carbocycles. The molecule has 0 saturated heterocycles. The van der Waals surface area contributed by atoms with Gasteiger partial charge in [0.1, 0.15) is 17.2 Å². The molecule has 0 unspecified atom stereocenters. The number of para-hydroxylation sites is 1. The summed E-state index contributed by atoms with van der Waals surface area (Å²) in [5.41, 5.74) is 3.23. The van der Waals surface area contributed by atoms with E-state index in [-0.39, 0.29) is 11.8 Å². The molecule has 1 aliphatic heterocycles. The quantitative estimate of drug-likeness (QED) is 0.395. The summed E-state index contributed by atoms with van der Waals surface area (Å²) in [5.74, 6) is 1.86. The number of rotatable bonds is 3. The van der Waals surface area contributed by atoms with Crippen LogP contribution in [-0.4, -0.2) is 44.4 Å². The Balaban J connectivity index is 1.44. The van der Waals surface area contributed by atoms with Crippen molar-refractivity contribution in [3.05, 3.63) is 71.2 Å². The maximum Gasteiger partial charge on any atom is 0.435 e. The number of ether oxygens (including phenoxy) is 1. The van der Waals surface area contributed by atoms with Crippen LogP contribution in [0.3, 0.4) is 0 Å². The van der Waals surface area contributed by atoms with Crippen LogP contribution in [0.1, 0.15) is 55.6 Å². The van der Waals surface area contributed by atoms with Crippen LogP contribution in [-0.2, 0) is 14.9 Å². The third kappa shape index (κ3) is 3.64. The number of aryl methyl sites for hydroxylation is 2. The van der Waals surface area contributed by atoms with E-state index in [1.54, 1.807) is 11.1 Å². The van der Waals surface area contributed by atoms with E-state index in [1.807, 2.05) is 84.1 Å². The molecule has 9 heteroatoms. The van der Waals surface area contributed by atoms with Crippen molar-refractivity contribution in [3.8, 4) is 0 Å². The largest absolute Gasteiger partial charge is 0.442 e. The van der Waals surface area contributed by atoms with Gasteiger partial charge in [-0.3, -0.25) is 4.79 Å². The normalized spacial score (nSPS) is 20.2. The lowest BCUT2D eigenvalue weighted by Gasteiger charge is -2.19. The summed E-state index contributed by atoms with van der Waals surface area (Å²) in [6, 6.07) is 13.9. The van der Waals surface area contributed by atoms with E-state index in [0.717, 1.165) is 34.2 Å². The third-order valence-corrected chi connectivity index (χ3v) is 7.40. The fourth-order valence-corrected chi connectivity index (χ4v) is 5.52. The van der Waals surface area contributed by atoms with E-state index < -0.39 is 17.1 Å². The van der Waals surface area contributed by atoms with Gasteiger partial charge in [-0.15, -0.1) is 5.10 Å². The van der Waals surface area contributed by atoms with Crippen molar-refractivity contribution in [1.82, 2.24) is 19.7 Å². The minimum Gasteiger partial charge on any atom is -0.442 e. The first-order valence-electron chi connectivity index (χ1n) is 12.7. The highest BCUT2D eigenvalue weighted by molar-refractivity contribution is 6.11. The zero-order valence-electron chi connectivity index (χ0n) is 22.4. The number of hydrogen-bond donors (Lipinski definition) is 1. The summed E-state index contributed by atoms with van der Waals surface area (Å²) < 4.78 is 6.97. The lowest BCUT2D eigenvalue weighted by molar-refractivity contribution is -0.120. The van der Waals surface area contributed by atoms with E-state index >= 15 is 0 Å². The number of fused-ring (bicyclic) bond motifs is 3. The van der Waals surface area contributed by atoms with Gasteiger partial charge in [0.05, 0.1) is 10.9 Å². The Kier molecular flexibility index (Phi) is 5.14. The molecule has 9 nitrogen and oxygen atoms in total. The lowest BCUT2D eigenvalue weighted by atomic mass is 9.92. The summed E-state index contributed by atoms with van der Waals surface area (Å²) in [6.07, 6.45) is 1.90. The molecule has 0 radical (unpaired) electrons. The van der Waals surface area contributed by atoms with Gasteiger partial charge in [-0.2, -0.15) is 4.68 Å². The second-order valence-corrected chi connectivity index (χ2v) is 11.2. The summed E-state index contributed by atoms with van der Waals surface area (Å²) in [5, 5.41) is 8.64. The van der Waals surface area contributed by atoms with Gasteiger partial charge in [0.25, 0.3) is 0 Å². The molecule has 1 saturated carbocycles. The highest BCUT2D eigenvalue weighted by atomic mass is 16.6. The molecule has 1 fully saturated rings. The van der Waals surface area contributed by atoms with Gasteiger partial charge < -0.3 is 15.0 Å². The number of carbonyl (C=O) groups excluding carboxylic acids is 2. The fourth-order valence-electron chi connectivity index (χ4n) is 5.52. The number of benzene rings is 2. The van der Waals surface area contributed by atoms with Crippen molar-refractivity contribution < 1.29 is 14.3 Å². The van der Waals surface area contributed by atoms with E-state index in [9.17, 15) is 9.59 Å². The molecule has 3 heterocycles. The molecule has 38 heavy (non-hydrogen) atoms. The monoisotopic (exact) mass is 510 g/mol. The van der Waals surface area contributed by atoms with Crippen LogP contribution in [0, 0.1) is 13.8 Å². The molecule has 1 amide bonds. The molecule has 2 atom stereocenters. The molecule has 6 rings (SSSR count). The van der Waals surface area contributed by atoms with Gasteiger partial charge in [-0.25, -0.2) is 14.8 Å². The van der Waals surface area contributed by atoms with Crippen molar-refractivity contribution >= 4 is 40.2 Å². The zero-order chi connectivity index (χ0) is 27.0. The second kappa shape index (κ2) is 8.11. The first-order chi connectivity index (χ1) is 18.0. The minimum atomic E-state index is -0.688. The van der Waals surface area contributed by atoms with Crippen LogP contribution in [0.4, 0.5) is 22.1 Å². The Morgan fingerprint density at radius 2 is 1.89 bits per heavy atom. The van der Waals surface area contributed by atoms with Gasteiger partial charge >= 0.3 is 6.09 Å². The molecule has 0 bridgehead atoms. The van der Waals surface area contributed by atoms with Crippen molar-refractivity contribution in [2.75, 3.05) is 17.3 Å². The Labute approximate surface area is 220 Å². The van der Waals surface area contributed by atoms with Crippen molar-refractivity contribution in [3.63, 3.8) is 0 Å². The molecule has 194 valence electrons. The van der Waals surface area contributed by atoms with Gasteiger partial charge in [0.15, 0.2) is 5.82 Å². The first-order valence-corrected chi connectivity index (χ1v) is 12.7. The maximum absolute atomic E-state index is 13.4. The summed E-state index contributed by atoms with van der Waals surface area (Å²) >= 11 is 0. The molecule has 1 spiro atoms. The molecular weight excluding hydrogens is 480 g/mol. The number of nitrogens with zero attached hydrogens (tertiary/aromatic N) is 5. The molecule has 1 N–H and O–H groups in total. The summed E-state index contributed by atoms with van der Waals surface area (Å²) in [6.45, 7) is 9.19. The van der Waals surface area contributed by atoms with Crippen molar-refractivity contribution in [2.24, 2.45) is 0 Å². The maximum atomic E-state index is 13.4. The zero-order valence-corrected chi connectivity index (χ0v) is 22.4. The molecule has 4 aromatic rings. The third-order valence-electron chi connectivity index (χ3n) is 7.40. The first kappa shape index (κ1) is 24.1. The van der Waals surface area contributed by atoms with Crippen LogP contribution < -0.4 is 10.2 Å². The van der Waals surface area contributed by atoms with Gasteiger partial charge in [0.2, 0.25) is 5.91 Å². The van der Waals surface area contributed by atoms with Crippen LogP contribution >= 0.6 is 0 Å². The Morgan fingerprint density at radius 3 is 2.66 bits per heavy atom. The van der Waals surface area contributed by atoms with Crippen molar-refractivity contribution in [2.45, 2.75) is 58.0 Å². The van der Waals surface area contributed by atoms with Gasteiger partial charge in [-0.05, 0) is 70.4 Å². The number of amides is 1. The second-order valence-electron chi connectivity index (χ2n) is 11.2. The summed E-state index contributed by atoms with van der Waals surface area (Å²) in [4.78, 5) is 37.1. The minimum absolute atomic E-state index is 0.00986. The number of likely N-dealkylation sites (N-methyl/N-ethyl adjacent to an activating group) is 1. The highest BCUT2D eigenvalue weighted by Crippen LogP contribution is 2.66. The number of carbonyl (C=O) groups is 2. The predicted molar refractivity (Wildman–Crippen MR) is 145 cm³/mol. The Bertz CT molecular complexity index is 1640. The van der Waals surface area contributed by atoms with Gasteiger partial charge in [0, 0.05) is 35.8 Å².